The Morgan fingerprint density at radius 3 is 2.24 bits per heavy atom. The quantitative estimate of drug-likeness (QED) is 0.509. The van der Waals surface area contributed by atoms with Crippen molar-refractivity contribution in [2.75, 3.05) is 36.4 Å². The molecule has 8 nitrogen and oxygen atoms in total. The summed E-state index contributed by atoms with van der Waals surface area (Å²) >= 11 is 0. The molecule has 1 saturated heterocycles. The standard InChI is InChI=1S/C21H22N6O2/c28-27(29)19-20(24-18-9-5-2-6-10-18)22-16-23-21(19)26-13-11-25(12-14-26)15-17-7-3-1-4-8-17/h1-10,16H,11-15H2,(H,22,23,24). The van der Waals surface area contributed by atoms with Gasteiger partial charge in [0.2, 0.25) is 11.6 Å². The molecule has 148 valence electrons. The highest BCUT2D eigenvalue weighted by atomic mass is 16.6. The van der Waals surface area contributed by atoms with Gasteiger partial charge >= 0.3 is 5.69 Å². The maximum Gasteiger partial charge on any atom is 0.353 e. The van der Waals surface area contributed by atoms with Crippen molar-refractivity contribution in [3.63, 3.8) is 0 Å². The number of nitro groups is 1. The average Bonchev–Trinajstić information content (AvgIpc) is 2.75. The van der Waals surface area contributed by atoms with Crippen LogP contribution < -0.4 is 10.2 Å². The van der Waals surface area contributed by atoms with Gasteiger partial charge in [-0.1, -0.05) is 48.5 Å². The molecule has 0 aliphatic carbocycles. The second kappa shape index (κ2) is 8.66. The van der Waals surface area contributed by atoms with E-state index < -0.39 is 4.92 Å². The Kier molecular flexibility index (Phi) is 5.62. The Morgan fingerprint density at radius 1 is 0.931 bits per heavy atom. The minimum Gasteiger partial charge on any atom is -0.348 e. The van der Waals surface area contributed by atoms with Crippen molar-refractivity contribution < 1.29 is 4.92 Å². The highest BCUT2D eigenvalue weighted by molar-refractivity contribution is 5.74. The lowest BCUT2D eigenvalue weighted by molar-refractivity contribution is -0.383. The Hall–Kier alpha value is -3.52. The van der Waals surface area contributed by atoms with Gasteiger partial charge in [-0.25, -0.2) is 9.97 Å². The molecule has 1 aliphatic heterocycles. The lowest BCUT2D eigenvalue weighted by Gasteiger charge is -2.35. The SMILES string of the molecule is O=[N+]([O-])c1c(Nc2ccccc2)ncnc1N1CCN(Cc2ccccc2)CC1. The van der Waals surface area contributed by atoms with Gasteiger partial charge < -0.3 is 10.2 Å². The molecule has 3 aromatic rings. The van der Waals surface area contributed by atoms with Crippen molar-refractivity contribution in [1.29, 1.82) is 0 Å². The first kappa shape index (κ1) is 18.8. The average molecular weight is 390 g/mol. The highest BCUT2D eigenvalue weighted by Crippen LogP contribution is 2.34. The lowest BCUT2D eigenvalue weighted by Crippen LogP contribution is -2.46. The maximum atomic E-state index is 11.8. The Bertz CT molecular complexity index is 959. The summed E-state index contributed by atoms with van der Waals surface area (Å²) in [4.78, 5) is 24.1. The summed E-state index contributed by atoms with van der Waals surface area (Å²) in [6.07, 6.45) is 1.38. The van der Waals surface area contributed by atoms with E-state index in [0.717, 1.165) is 25.3 Å². The van der Waals surface area contributed by atoms with Crippen LogP contribution in [0.4, 0.5) is 23.0 Å². The largest absolute Gasteiger partial charge is 0.353 e. The minimum atomic E-state index is -0.406. The van der Waals surface area contributed by atoms with E-state index in [4.69, 9.17) is 0 Å². The molecule has 29 heavy (non-hydrogen) atoms. The Labute approximate surface area is 169 Å². The van der Waals surface area contributed by atoms with Gasteiger partial charge in [0.1, 0.15) is 6.33 Å². The third-order valence-electron chi connectivity index (χ3n) is 4.94. The number of piperazine rings is 1. The number of nitrogens with one attached hydrogen (secondary N) is 1. The molecule has 0 bridgehead atoms. The first-order valence-electron chi connectivity index (χ1n) is 9.53. The molecule has 0 atom stereocenters. The van der Waals surface area contributed by atoms with Crippen molar-refractivity contribution in [2.24, 2.45) is 0 Å². The summed E-state index contributed by atoms with van der Waals surface area (Å²) in [5, 5.41) is 14.9. The number of hydrogen-bond donors (Lipinski definition) is 1. The number of hydrogen-bond acceptors (Lipinski definition) is 7. The van der Waals surface area contributed by atoms with E-state index in [-0.39, 0.29) is 11.5 Å². The van der Waals surface area contributed by atoms with E-state index in [9.17, 15) is 10.1 Å². The number of aromatic nitrogens is 2. The number of rotatable bonds is 6. The maximum absolute atomic E-state index is 11.8. The molecule has 0 unspecified atom stereocenters. The van der Waals surface area contributed by atoms with Crippen LogP contribution >= 0.6 is 0 Å². The van der Waals surface area contributed by atoms with Crippen LogP contribution in [0.1, 0.15) is 5.56 Å². The third-order valence-corrected chi connectivity index (χ3v) is 4.94. The topological polar surface area (TPSA) is 87.4 Å². The first-order valence-corrected chi connectivity index (χ1v) is 9.53. The molecule has 1 aromatic heterocycles. The zero-order valence-corrected chi connectivity index (χ0v) is 15.9. The first-order chi connectivity index (χ1) is 14.2. The van der Waals surface area contributed by atoms with E-state index in [1.54, 1.807) is 0 Å². The molecule has 4 rings (SSSR count). The predicted octanol–water partition coefficient (Wildman–Crippen LogP) is 3.45. The van der Waals surface area contributed by atoms with E-state index in [0.29, 0.717) is 18.9 Å². The highest BCUT2D eigenvalue weighted by Gasteiger charge is 2.29. The predicted molar refractivity (Wildman–Crippen MR) is 112 cm³/mol. The van der Waals surface area contributed by atoms with Gasteiger partial charge in [-0.2, -0.15) is 0 Å². The van der Waals surface area contributed by atoms with E-state index in [2.05, 4.69) is 32.3 Å². The normalized spacial score (nSPS) is 14.6. The molecule has 0 radical (unpaired) electrons. The molecule has 2 heterocycles. The molecule has 1 fully saturated rings. The van der Waals surface area contributed by atoms with Crippen LogP contribution in [-0.2, 0) is 6.54 Å². The van der Waals surface area contributed by atoms with Crippen LogP contribution in [0.5, 0.6) is 0 Å². The van der Waals surface area contributed by atoms with E-state index >= 15 is 0 Å². The van der Waals surface area contributed by atoms with Gasteiger partial charge in [-0.05, 0) is 17.7 Å². The van der Waals surface area contributed by atoms with Crippen molar-refractivity contribution >= 4 is 23.0 Å². The van der Waals surface area contributed by atoms with Gasteiger partial charge in [0.25, 0.3) is 0 Å². The lowest BCUT2D eigenvalue weighted by atomic mass is 10.2. The summed E-state index contributed by atoms with van der Waals surface area (Å²) < 4.78 is 0. The summed E-state index contributed by atoms with van der Waals surface area (Å²) in [5.41, 5.74) is 1.92. The van der Waals surface area contributed by atoms with E-state index in [1.165, 1.54) is 11.9 Å². The fourth-order valence-electron chi connectivity index (χ4n) is 3.48. The second-order valence-corrected chi connectivity index (χ2v) is 6.89. The van der Waals surface area contributed by atoms with Crippen LogP contribution in [0.15, 0.2) is 67.0 Å². The van der Waals surface area contributed by atoms with Crippen LogP contribution in [0.25, 0.3) is 0 Å². The van der Waals surface area contributed by atoms with Crippen molar-refractivity contribution in [1.82, 2.24) is 14.9 Å². The van der Waals surface area contributed by atoms with Crippen molar-refractivity contribution in [3.05, 3.63) is 82.7 Å². The van der Waals surface area contributed by atoms with Gasteiger partial charge in [-0.15, -0.1) is 0 Å². The minimum absolute atomic E-state index is 0.0899. The van der Waals surface area contributed by atoms with Crippen LogP contribution in [-0.4, -0.2) is 46.0 Å². The number of benzene rings is 2. The number of anilines is 3. The molecule has 0 amide bonds. The molecular weight excluding hydrogens is 368 g/mol. The molecule has 1 N–H and O–H groups in total. The number of nitrogens with zero attached hydrogens (tertiary/aromatic N) is 5. The molecule has 2 aromatic carbocycles. The van der Waals surface area contributed by atoms with Gasteiger partial charge in [0, 0.05) is 38.4 Å². The van der Waals surface area contributed by atoms with Gasteiger partial charge in [-0.3, -0.25) is 15.0 Å². The zero-order valence-electron chi connectivity index (χ0n) is 15.9. The zero-order chi connectivity index (χ0) is 20.1. The van der Waals surface area contributed by atoms with Crippen LogP contribution in [0.2, 0.25) is 0 Å². The smallest absolute Gasteiger partial charge is 0.348 e. The molecule has 0 saturated carbocycles. The summed E-state index contributed by atoms with van der Waals surface area (Å²) in [7, 11) is 0. The fraction of sp³-hybridized carbons (Fsp3) is 0.238. The van der Waals surface area contributed by atoms with E-state index in [1.807, 2.05) is 53.4 Å². The third kappa shape index (κ3) is 4.49. The van der Waals surface area contributed by atoms with Gasteiger partial charge in [0.05, 0.1) is 4.92 Å². The van der Waals surface area contributed by atoms with Crippen LogP contribution in [0.3, 0.4) is 0 Å². The van der Waals surface area contributed by atoms with Crippen LogP contribution in [0, 0.1) is 10.1 Å². The monoisotopic (exact) mass is 390 g/mol. The molecule has 1 aliphatic rings. The molecule has 8 heteroatoms. The van der Waals surface area contributed by atoms with Crippen molar-refractivity contribution in [3.8, 4) is 0 Å². The molecule has 0 spiro atoms. The fourth-order valence-corrected chi connectivity index (χ4v) is 3.48. The summed E-state index contributed by atoms with van der Waals surface area (Å²) in [5.74, 6) is 0.570. The second-order valence-electron chi connectivity index (χ2n) is 6.89. The summed E-state index contributed by atoms with van der Waals surface area (Å²) in [6.45, 7) is 3.86. The van der Waals surface area contributed by atoms with Crippen molar-refractivity contribution in [2.45, 2.75) is 6.54 Å². The summed E-state index contributed by atoms with van der Waals surface area (Å²) in [6, 6.07) is 19.6. The Balaban J connectivity index is 1.50. The van der Waals surface area contributed by atoms with Gasteiger partial charge in [0.15, 0.2) is 0 Å². The molecular formula is C21H22N6O2. The Morgan fingerprint density at radius 2 is 1.59 bits per heavy atom. The number of para-hydroxylation sites is 1.